The molecule has 0 aliphatic rings. The Bertz CT molecular complexity index is 1310. The highest BCUT2D eigenvalue weighted by Crippen LogP contribution is 2.29. The average Bonchev–Trinajstić information content (AvgIpc) is 2.80. The summed E-state index contributed by atoms with van der Waals surface area (Å²) in [5.74, 6) is -0.709. The zero-order valence-corrected chi connectivity index (χ0v) is 20.2. The third kappa shape index (κ3) is 7.53. The molecule has 1 unspecified atom stereocenters. The molecule has 0 saturated carbocycles. The van der Waals surface area contributed by atoms with E-state index in [4.69, 9.17) is 5.73 Å². The summed E-state index contributed by atoms with van der Waals surface area (Å²) in [5.41, 5.74) is 7.66. The summed E-state index contributed by atoms with van der Waals surface area (Å²) >= 11 is 0. The van der Waals surface area contributed by atoms with Crippen LogP contribution >= 0.6 is 0 Å². The Balaban J connectivity index is 1.75. The second kappa shape index (κ2) is 11.1. The molecule has 7 nitrogen and oxygen atoms in total. The third-order valence-electron chi connectivity index (χ3n) is 5.64. The van der Waals surface area contributed by atoms with Crippen molar-refractivity contribution in [1.82, 2.24) is 10.3 Å². The monoisotopic (exact) mass is 521 g/mol. The number of pyridine rings is 1. The summed E-state index contributed by atoms with van der Waals surface area (Å²) in [6, 6.07) is 15.3. The number of hydrogen-bond donors (Lipinski definition) is 3. The van der Waals surface area contributed by atoms with E-state index in [2.05, 4.69) is 10.3 Å². The van der Waals surface area contributed by atoms with Gasteiger partial charge in [0.15, 0.2) is 0 Å². The van der Waals surface area contributed by atoms with Gasteiger partial charge in [-0.1, -0.05) is 48.0 Å². The average molecular weight is 522 g/mol. The smallest absolute Gasteiger partial charge is 0.399 e. The largest absolute Gasteiger partial charge is 0.433 e. The highest BCUT2D eigenvalue weighted by atomic mass is 32.2. The fraction of sp³-hybridized carbons (Fsp3) is 0.280. The van der Waals surface area contributed by atoms with E-state index in [9.17, 15) is 30.9 Å². The van der Waals surface area contributed by atoms with E-state index in [1.165, 1.54) is 30.3 Å². The van der Waals surface area contributed by atoms with Crippen LogP contribution in [0.15, 0.2) is 60.7 Å². The molecule has 11 heteroatoms. The van der Waals surface area contributed by atoms with Crippen molar-refractivity contribution in [1.29, 1.82) is 0 Å². The molecule has 0 aliphatic heterocycles. The van der Waals surface area contributed by atoms with E-state index in [1.807, 2.05) is 31.2 Å². The molecule has 1 atom stereocenters. The molecule has 36 heavy (non-hydrogen) atoms. The summed E-state index contributed by atoms with van der Waals surface area (Å²) in [5, 5.41) is 1.00. The first-order valence-corrected chi connectivity index (χ1v) is 12.5. The predicted molar refractivity (Wildman–Crippen MR) is 129 cm³/mol. The number of rotatable bonds is 9. The topological polar surface area (TPSA) is 122 Å². The summed E-state index contributed by atoms with van der Waals surface area (Å²) in [7, 11) is -4.62. The van der Waals surface area contributed by atoms with Gasteiger partial charge in [0.2, 0.25) is 5.91 Å². The Hall–Kier alpha value is -3.44. The van der Waals surface area contributed by atoms with Gasteiger partial charge in [0.05, 0.1) is 0 Å². The maximum atomic E-state index is 13.2. The first kappa shape index (κ1) is 27.2. The number of nitrogens with two attached hydrogens (primary N) is 1. The molecule has 0 fully saturated rings. The molecular weight excluding hydrogens is 495 g/mol. The van der Waals surface area contributed by atoms with Crippen LogP contribution in [-0.2, 0) is 40.5 Å². The Kier molecular flexibility index (Phi) is 8.36. The Labute approximate surface area is 207 Å². The van der Waals surface area contributed by atoms with Crippen LogP contribution in [-0.4, -0.2) is 23.9 Å². The van der Waals surface area contributed by atoms with Crippen molar-refractivity contribution in [2.75, 3.05) is 5.73 Å². The number of carbonyl (C=O) groups is 1. The molecule has 1 amide bonds. The number of nitrogens with one attached hydrogen (secondary N) is 1. The van der Waals surface area contributed by atoms with Crippen LogP contribution in [0.5, 0.6) is 0 Å². The fourth-order valence-electron chi connectivity index (χ4n) is 3.62. The molecule has 1 heterocycles. The van der Waals surface area contributed by atoms with Crippen molar-refractivity contribution in [3.05, 3.63) is 94.3 Å². The van der Waals surface area contributed by atoms with E-state index in [-0.39, 0.29) is 24.2 Å². The minimum absolute atomic E-state index is 0.160. The van der Waals surface area contributed by atoms with Crippen LogP contribution in [0.1, 0.15) is 45.3 Å². The molecule has 4 N–H and O–H groups in total. The summed E-state index contributed by atoms with van der Waals surface area (Å²) in [4.78, 5) is 16.3. The van der Waals surface area contributed by atoms with Crippen molar-refractivity contribution < 1.29 is 30.9 Å². The first-order valence-electron chi connectivity index (χ1n) is 11.0. The number of carbonyl (C=O) groups excluding carboxylic acids is 1. The Morgan fingerprint density at radius 2 is 1.67 bits per heavy atom. The van der Waals surface area contributed by atoms with Crippen LogP contribution in [0.4, 0.5) is 18.9 Å². The number of benzene rings is 2. The standard InChI is InChI=1S/C25H26F3N3O4S/c1-16-2-4-17(5-3-16)6-12-21-19(9-13-23(31-21)25(26,27)28)15-30-24(32)14-22(36(33,34)35)18-7-10-20(29)11-8-18/h2-5,7-11,13,22H,6,12,14-15,29H2,1H3,(H,30,32)(H,33,34,35). The molecule has 192 valence electrons. The van der Waals surface area contributed by atoms with Gasteiger partial charge in [0.1, 0.15) is 10.9 Å². The van der Waals surface area contributed by atoms with Gasteiger partial charge in [0.25, 0.3) is 10.1 Å². The van der Waals surface area contributed by atoms with Gasteiger partial charge in [-0.05, 0) is 54.7 Å². The molecule has 0 saturated heterocycles. The molecule has 0 bridgehead atoms. The van der Waals surface area contributed by atoms with Crippen molar-refractivity contribution in [3.63, 3.8) is 0 Å². The van der Waals surface area contributed by atoms with Crippen molar-refractivity contribution in [3.8, 4) is 0 Å². The zero-order chi connectivity index (χ0) is 26.5. The maximum Gasteiger partial charge on any atom is 0.433 e. The Morgan fingerprint density at radius 3 is 2.25 bits per heavy atom. The number of anilines is 1. The molecule has 3 rings (SSSR count). The van der Waals surface area contributed by atoms with Crippen LogP contribution < -0.4 is 11.1 Å². The van der Waals surface area contributed by atoms with E-state index in [0.29, 0.717) is 17.7 Å². The van der Waals surface area contributed by atoms with Crippen molar-refractivity contribution >= 4 is 21.7 Å². The van der Waals surface area contributed by atoms with Crippen molar-refractivity contribution in [2.45, 2.75) is 44.2 Å². The first-order chi connectivity index (χ1) is 16.8. The normalized spacial score (nSPS) is 12.8. The van der Waals surface area contributed by atoms with E-state index in [1.54, 1.807) is 0 Å². The molecule has 2 aromatic carbocycles. The van der Waals surface area contributed by atoms with E-state index >= 15 is 0 Å². The van der Waals surface area contributed by atoms with Gasteiger partial charge in [0, 0.05) is 24.3 Å². The van der Waals surface area contributed by atoms with Crippen molar-refractivity contribution in [2.24, 2.45) is 0 Å². The maximum absolute atomic E-state index is 13.2. The number of aryl methyl sites for hydroxylation is 3. The lowest BCUT2D eigenvalue weighted by molar-refractivity contribution is -0.141. The number of halogens is 3. The molecular formula is C25H26F3N3O4S. The van der Waals surface area contributed by atoms with E-state index in [0.717, 1.165) is 17.2 Å². The van der Waals surface area contributed by atoms with Crippen LogP contribution in [0.25, 0.3) is 0 Å². The van der Waals surface area contributed by atoms with Crippen LogP contribution in [0.3, 0.4) is 0 Å². The summed E-state index contributed by atoms with van der Waals surface area (Å²) in [6.45, 7) is 1.77. The van der Waals surface area contributed by atoms with Gasteiger partial charge in [-0.3, -0.25) is 9.35 Å². The second-order valence-electron chi connectivity index (χ2n) is 8.44. The predicted octanol–water partition coefficient (Wildman–Crippen LogP) is 4.41. The molecule has 0 spiro atoms. The lowest BCUT2D eigenvalue weighted by atomic mass is 10.0. The Morgan fingerprint density at radius 1 is 1.03 bits per heavy atom. The van der Waals surface area contributed by atoms with Gasteiger partial charge >= 0.3 is 6.18 Å². The number of amides is 1. The fourth-order valence-corrected chi connectivity index (χ4v) is 4.49. The summed E-state index contributed by atoms with van der Waals surface area (Å²) in [6.07, 6.45) is -4.56. The minimum atomic E-state index is -4.62. The summed E-state index contributed by atoms with van der Waals surface area (Å²) < 4.78 is 73.1. The molecule has 0 aliphatic carbocycles. The quantitative estimate of drug-likeness (QED) is 0.283. The van der Waals surface area contributed by atoms with Crippen LogP contribution in [0.2, 0.25) is 0 Å². The third-order valence-corrected chi connectivity index (χ3v) is 6.80. The zero-order valence-electron chi connectivity index (χ0n) is 19.4. The molecule has 3 aromatic rings. The second-order valence-corrected chi connectivity index (χ2v) is 10.0. The number of nitrogen functional groups attached to an aromatic ring is 1. The van der Waals surface area contributed by atoms with E-state index < -0.39 is 39.6 Å². The van der Waals surface area contributed by atoms with Gasteiger partial charge in [-0.2, -0.15) is 21.6 Å². The highest BCUT2D eigenvalue weighted by molar-refractivity contribution is 7.86. The number of alkyl halides is 3. The lowest BCUT2D eigenvalue weighted by Gasteiger charge is -2.16. The van der Waals surface area contributed by atoms with Crippen LogP contribution in [0, 0.1) is 6.92 Å². The number of nitrogens with zero attached hydrogens (tertiary/aromatic N) is 1. The number of aromatic nitrogens is 1. The van der Waals surface area contributed by atoms with Gasteiger partial charge < -0.3 is 11.1 Å². The minimum Gasteiger partial charge on any atom is -0.399 e. The molecule has 1 aromatic heterocycles. The lowest BCUT2D eigenvalue weighted by Crippen LogP contribution is -2.28. The van der Waals surface area contributed by atoms with Gasteiger partial charge in [-0.25, -0.2) is 4.98 Å². The SMILES string of the molecule is Cc1ccc(CCc2nc(C(F)(F)F)ccc2CNC(=O)CC(c2ccc(N)cc2)S(=O)(=O)O)cc1. The van der Waals surface area contributed by atoms with Gasteiger partial charge in [-0.15, -0.1) is 0 Å². The highest BCUT2D eigenvalue weighted by Gasteiger charge is 2.33. The number of hydrogen-bond acceptors (Lipinski definition) is 5. The molecule has 0 radical (unpaired) electrons.